The van der Waals surface area contributed by atoms with Crippen molar-refractivity contribution in [2.75, 3.05) is 20.2 Å². The monoisotopic (exact) mass is 377 g/mol. The smallest absolute Gasteiger partial charge is 0.227 e. The molecule has 0 saturated carbocycles. The number of ether oxygens (including phenoxy) is 2. The molecule has 2 aromatic rings. The molecule has 0 aliphatic carbocycles. The van der Waals surface area contributed by atoms with Gasteiger partial charge in [-0.25, -0.2) is 8.78 Å². The van der Waals surface area contributed by atoms with Gasteiger partial charge in [-0.3, -0.25) is 4.79 Å². The second-order valence-corrected chi connectivity index (χ2v) is 6.45. The molecule has 1 heterocycles. The van der Waals surface area contributed by atoms with E-state index in [-0.39, 0.29) is 24.6 Å². The molecule has 2 aromatic carbocycles. The number of likely N-dealkylation sites (tertiary alicyclic amines) is 1. The van der Waals surface area contributed by atoms with Gasteiger partial charge in [0.1, 0.15) is 35.3 Å². The molecule has 1 amide bonds. The predicted octanol–water partition coefficient (Wildman–Crippen LogP) is 2.56. The zero-order valence-corrected chi connectivity index (χ0v) is 14.9. The first-order valence-corrected chi connectivity index (χ1v) is 8.66. The van der Waals surface area contributed by atoms with Gasteiger partial charge in [-0.1, -0.05) is 18.2 Å². The molecule has 3 rings (SSSR count). The van der Waals surface area contributed by atoms with Crippen molar-refractivity contribution >= 4 is 5.91 Å². The van der Waals surface area contributed by atoms with Crippen LogP contribution in [0, 0.1) is 11.6 Å². The minimum absolute atomic E-state index is 0.0188. The molecule has 5 nitrogen and oxygen atoms in total. The Kier molecular flexibility index (Phi) is 5.91. The number of para-hydroxylation sites is 1. The van der Waals surface area contributed by atoms with E-state index in [1.165, 1.54) is 0 Å². The summed E-state index contributed by atoms with van der Waals surface area (Å²) in [7, 11) is 1.55. The first-order chi connectivity index (χ1) is 13.0. The summed E-state index contributed by atoms with van der Waals surface area (Å²) in [5, 5.41) is 10.3. The minimum atomic E-state index is -0.952. The van der Waals surface area contributed by atoms with Gasteiger partial charge in [0.2, 0.25) is 5.91 Å². The minimum Gasteiger partial charge on any atom is -0.496 e. The Hall–Kier alpha value is -2.67. The maximum Gasteiger partial charge on any atom is 0.227 e. The van der Waals surface area contributed by atoms with Gasteiger partial charge in [0.15, 0.2) is 0 Å². The molecule has 0 bridgehead atoms. The van der Waals surface area contributed by atoms with Crippen LogP contribution in [0.3, 0.4) is 0 Å². The van der Waals surface area contributed by atoms with Crippen LogP contribution in [0.5, 0.6) is 11.5 Å². The lowest BCUT2D eigenvalue weighted by atomic mass is 10.0. The highest BCUT2D eigenvalue weighted by atomic mass is 19.1. The van der Waals surface area contributed by atoms with E-state index in [1.54, 1.807) is 18.1 Å². The lowest BCUT2D eigenvalue weighted by Crippen LogP contribution is -2.51. The zero-order chi connectivity index (χ0) is 19.4. The number of amides is 1. The van der Waals surface area contributed by atoms with E-state index in [4.69, 9.17) is 9.47 Å². The fourth-order valence-corrected chi connectivity index (χ4v) is 3.17. The van der Waals surface area contributed by atoms with E-state index in [0.717, 1.165) is 23.8 Å². The number of rotatable bonds is 5. The van der Waals surface area contributed by atoms with Crippen LogP contribution in [-0.2, 0) is 11.2 Å². The molecule has 1 aliphatic heterocycles. The first kappa shape index (κ1) is 19.1. The predicted molar refractivity (Wildman–Crippen MR) is 94.7 cm³/mol. The van der Waals surface area contributed by atoms with Gasteiger partial charge in [-0.2, -0.15) is 0 Å². The zero-order valence-electron chi connectivity index (χ0n) is 14.9. The quantitative estimate of drug-likeness (QED) is 0.870. The van der Waals surface area contributed by atoms with Crippen LogP contribution in [0.25, 0.3) is 0 Å². The van der Waals surface area contributed by atoms with E-state index < -0.39 is 23.8 Å². The summed E-state index contributed by atoms with van der Waals surface area (Å²) in [6.07, 6.45) is -1.07. The average molecular weight is 377 g/mol. The van der Waals surface area contributed by atoms with Gasteiger partial charge >= 0.3 is 0 Å². The van der Waals surface area contributed by atoms with Gasteiger partial charge in [0.05, 0.1) is 20.1 Å². The van der Waals surface area contributed by atoms with Crippen LogP contribution in [0.1, 0.15) is 12.0 Å². The molecule has 0 radical (unpaired) electrons. The Bertz CT molecular complexity index is 794. The van der Waals surface area contributed by atoms with E-state index >= 15 is 0 Å². The largest absolute Gasteiger partial charge is 0.496 e. The number of halogens is 2. The Morgan fingerprint density at radius 3 is 2.59 bits per heavy atom. The van der Waals surface area contributed by atoms with Gasteiger partial charge < -0.3 is 19.5 Å². The highest BCUT2D eigenvalue weighted by Gasteiger charge is 2.32. The Morgan fingerprint density at radius 1 is 1.22 bits per heavy atom. The molecule has 2 atom stereocenters. The molecule has 7 heteroatoms. The SMILES string of the molecule is COc1ccccc1CC(=O)N1CC[C@@H](Oc2cc(F)cc(F)c2)[C@H](O)C1. The number of hydrogen-bond acceptors (Lipinski definition) is 4. The van der Waals surface area contributed by atoms with E-state index in [9.17, 15) is 18.7 Å². The van der Waals surface area contributed by atoms with E-state index in [2.05, 4.69) is 0 Å². The second kappa shape index (κ2) is 8.35. The first-order valence-electron chi connectivity index (χ1n) is 8.66. The van der Waals surface area contributed by atoms with Crippen molar-refractivity contribution in [3.63, 3.8) is 0 Å². The maximum absolute atomic E-state index is 13.3. The van der Waals surface area contributed by atoms with Crippen molar-refractivity contribution in [1.29, 1.82) is 0 Å². The second-order valence-electron chi connectivity index (χ2n) is 6.45. The summed E-state index contributed by atoms with van der Waals surface area (Å²) >= 11 is 0. The summed E-state index contributed by atoms with van der Waals surface area (Å²) in [6.45, 7) is 0.476. The summed E-state index contributed by atoms with van der Waals surface area (Å²) in [5.41, 5.74) is 0.771. The van der Waals surface area contributed by atoms with E-state index in [1.807, 2.05) is 18.2 Å². The molecule has 1 saturated heterocycles. The van der Waals surface area contributed by atoms with Crippen LogP contribution in [0.15, 0.2) is 42.5 Å². The molecule has 0 unspecified atom stereocenters. The van der Waals surface area contributed by atoms with Crippen molar-refractivity contribution in [2.24, 2.45) is 0 Å². The number of benzene rings is 2. The van der Waals surface area contributed by atoms with Crippen molar-refractivity contribution in [1.82, 2.24) is 4.90 Å². The van der Waals surface area contributed by atoms with Crippen LogP contribution in [0.4, 0.5) is 8.78 Å². The van der Waals surface area contributed by atoms with Crippen LogP contribution >= 0.6 is 0 Å². The Balaban J connectivity index is 1.60. The van der Waals surface area contributed by atoms with Gasteiger partial charge in [-0.05, 0) is 6.07 Å². The number of hydrogen-bond donors (Lipinski definition) is 1. The summed E-state index contributed by atoms with van der Waals surface area (Å²) in [6, 6.07) is 10.1. The summed E-state index contributed by atoms with van der Waals surface area (Å²) in [4.78, 5) is 14.1. The topological polar surface area (TPSA) is 59.0 Å². The maximum atomic E-state index is 13.3. The number of nitrogens with zero attached hydrogens (tertiary/aromatic N) is 1. The molecule has 0 aromatic heterocycles. The van der Waals surface area contributed by atoms with Gasteiger partial charge in [-0.15, -0.1) is 0 Å². The number of aliphatic hydroxyl groups is 1. The van der Waals surface area contributed by atoms with Crippen molar-refractivity contribution < 1.29 is 28.2 Å². The third-order valence-corrected chi connectivity index (χ3v) is 4.53. The third-order valence-electron chi connectivity index (χ3n) is 4.53. The highest BCUT2D eigenvalue weighted by molar-refractivity contribution is 5.79. The average Bonchev–Trinajstić information content (AvgIpc) is 2.63. The molecule has 27 heavy (non-hydrogen) atoms. The number of carbonyl (C=O) groups excluding carboxylic acids is 1. The molecule has 1 N–H and O–H groups in total. The van der Waals surface area contributed by atoms with Crippen LogP contribution in [0.2, 0.25) is 0 Å². The van der Waals surface area contributed by atoms with Crippen molar-refractivity contribution in [3.05, 3.63) is 59.7 Å². The Morgan fingerprint density at radius 2 is 1.93 bits per heavy atom. The number of methoxy groups -OCH3 is 1. The molecule has 1 fully saturated rings. The lowest BCUT2D eigenvalue weighted by molar-refractivity contribution is -0.136. The molecule has 144 valence electrons. The van der Waals surface area contributed by atoms with Crippen molar-refractivity contribution in [3.8, 4) is 11.5 Å². The Labute approximate surface area is 156 Å². The highest BCUT2D eigenvalue weighted by Crippen LogP contribution is 2.23. The van der Waals surface area contributed by atoms with E-state index in [0.29, 0.717) is 18.7 Å². The number of aliphatic hydroxyl groups excluding tert-OH is 1. The third kappa shape index (κ3) is 4.74. The number of carbonyl (C=O) groups is 1. The standard InChI is InChI=1S/C20H21F2NO4/c1-26-18-5-3-2-4-13(18)8-20(25)23-7-6-19(17(24)12-23)27-16-10-14(21)9-15(22)11-16/h2-5,9-11,17,19,24H,6-8,12H2,1H3/t17-,19-/m1/s1. The fraction of sp³-hybridized carbons (Fsp3) is 0.350. The molecule has 0 spiro atoms. The number of β-amino-alcohol motifs (C(OH)–C–C–N with tert-alkyl or cyclic N) is 1. The fourth-order valence-electron chi connectivity index (χ4n) is 3.17. The molecular weight excluding hydrogens is 356 g/mol. The van der Waals surface area contributed by atoms with Crippen LogP contribution < -0.4 is 9.47 Å². The summed E-state index contributed by atoms with van der Waals surface area (Å²) < 4.78 is 37.3. The number of piperidine rings is 1. The van der Waals surface area contributed by atoms with Gasteiger partial charge in [0, 0.05) is 36.7 Å². The van der Waals surface area contributed by atoms with Crippen LogP contribution in [-0.4, -0.2) is 48.3 Å². The van der Waals surface area contributed by atoms with Gasteiger partial charge in [0.25, 0.3) is 0 Å². The molecule has 1 aliphatic rings. The molecular formula is C20H21F2NO4. The normalized spacial score (nSPS) is 19.6. The summed E-state index contributed by atoms with van der Waals surface area (Å²) in [5.74, 6) is -0.968. The van der Waals surface area contributed by atoms with Crippen molar-refractivity contribution in [2.45, 2.75) is 25.0 Å². The lowest BCUT2D eigenvalue weighted by Gasteiger charge is -2.36.